The van der Waals surface area contributed by atoms with Crippen molar-refractivity contribution in [1.82, 2.24) is 0 Å². The first-order valence-electron chi connectivity index (χ1n) is 4.83. The van der Waals surface area contributed by atoms with Crippen LogP contribution in [0.1, 0.15) is 33.1 Å². The van der Waals surface area contributed by atoms with E-state index in [1.165, 1.54) is 12.8 Å². The van der Waals surface area contributed by atoms with Crippen molar-refractivity contribution >= 4 is 0 Å². The Morgan fingerprint density at radius 1 is 1.58 bits per heavy atom. The SMILES string of the molecule is CCC(C)(CCOC)C1CCO1. The minimum absolute atomic E-state index is 0.342. The highest BCUT2D eigenvalue weighted by Gasteiger charge is 2.37. The Hall–Kier alpha value is -0.0800. The standard InChI is InChI=1S/C10H20O2/c1-4-10(2,6-8-11-3)9-5-7-12-9/h9H,4-8H2,1-3H3. The molecule has 2 atom stereocenters. The smallest absolute Gasteiger partial charge is 0.0651 e. The number of hydrogen-bond donors (Lipinski definition) is 0. The predicted octanol–water partition coefficient (Wildman–Crippen LogP) is 2.23. The fourth-order valence-corrected chi connectivity index (χ4v) is 1.69. The quantitative estimate of drug-likeness (QED) is 0.633. The van der Waals surface area contributed by atoms with Gasteiger partial charge in [0.25, 0.3) is 0 Å². The van der Waals surface area contributed by atoms with Crippen molar-refractivity contribution < 1.29 is 9.47 Å². The van der Waals surface area contributed by atoms with Gasteiger partial charge in [-0.05, 0) is 24.7 Å². The van der Waals surface area contributed by atoms with Gasteiger partial charge >= 0.3 is 0 Å². The summed E-state index contributed by atoms with van der Waals surface area (Å²) >= 11 is 0. The predicted molar refractivity (Wildman–Crippen MR) is 49.2 cm³/mol. The lowest BCUT2D eigenvalue weighted by atomic mass is 9.76. The topological polar surface area (TPSA) is 18.5 Å². The molecule has 1 aliphatic rings. The van der Waals surface area contributed by atoms with Gasteiger partial charge in [-0.1, -0.05) is 13.8 Å². The number of hydrogen-bond acceptors (Lipinski definition) is 2. The highest BCUT2D eigenvalue weighted by molar-refractivity contribution is 4.86. The van der Waals surface area contributed by atoms with Crippen LogP contribution in [0, 0.1) is 5.41 Å². The molecule has 1 fully saturated rings. The molecular weight excluding hydrogens is 152 g/mol. The van der Waals surface area contributed by atoms with Crippen LogP contribution in [0.15, 0.2) is 0 Å². The van der Waals surface area contributed by atoms with E-state index in [9.17, 15) is 0 Å². The first-order valence-corrected chi connectivity index (χ1v) is 4.83. The minimum atomic E-state index is 0.342. The maximum atomic E-state index is 5.53. The van der Waals surface area contributed by atoms with Gasteiger partial charge in [-0.15, -0.1) is 0 Å². The first-order chi connectivity index (χ1) is 5.73. The molecule has 1 rings (SSSR count). The lowest BCUT2D eigenvalue weighted by Crippen LogP contribution is -2.42. The molecule has 0 aromatic heterocycles. The molecule has 0 bridgehead atoms. The van der Waals surface area contributed by atoms with Gasteiger partial charge in [0.15, 0.2) is 0 Å². The molecule has 0 saturated carbocycles. The van der Waals surface area contributed by atoms with Gasteiger partial charge in [0.05, 0.1) is 6.10 Å². The molecule has 72 valence electrons. The van der Waals surface area contributed by atoms with E-state index in [0.29, 0.717) is 11.5 Å². The summed E-state index contributed by atoms with van der Waals surface area (Å²) in [6.45, 7) is 6.34. The summed E-state index contributed by atoms with van der Waals surface area (Å²) < 4.78 is 10.6. The monoisotopic (exact) mass is 172 g/mol. The molecule has 2 nitrogen and oxygen atoms in total. The zero-order valence-electron chi connectivity index (χ0n) is 8.43. The Kier molecular flexibility index (Phi) is 3.53. The van der Waals surface area contributed by atoms with Crippen LogP contribution in [0.25, 0.3) is 0 Å². The summed E-state index contributed by atoms with van der Waals surface area (Å²) in [5.41, 5.74) is 0.342. The molecule has 0 aliphatic carbocycles. The highest BCUT2D eigenvalue weighted by Crippen LogP contribution is 2.37. The Labute approximate surface area is 75.2 Å². The average Bonchev–Trinajstić information content (AvgIpc) is 1.98. The molecule has 0 spiro atoms. The summed E-state index contributed by atoms with van der Waals surface area (Å²) in [6.07, 6.45) is 4.01. The number of methoxy groups -OCH3 is 1. The van der Waals surface area contributed by atoms with Gasteiger partial charge in [0.2, 0.25) is 0 Å². The Bertz CT molecular complexity index is 132. The van der Waals surface area contributed by atoms with Crippen molar-refractivity contribution in [3.8, 4) is 0 Å². The molecular formula is C10H20O2. The number of ether oxygens (including phenoxy) is 2. The summed E-state index contributed by atoms with van der Waals surface area (Å²) in [6, 6.07) is 0. The molecule has 1 aliphatic heterocycles. The molecule has 2 heteroatoms. The third-order valence-electron chi connectivity index (χ3n) is 3.16. The summed E-state index contributed by atoms with van der Waals surface area (Å²) in [7, 11) is 1.76. The Morgan fingerprint density at radius 3 is 2.58 bits per heavy atom. The summed E-state index contributed by atoms with van der Waals surface area (Å²) in [4.78, 5) is 0. The normalized spacial score (nSPS) is 27.8. The van der Waals surface area contributed by atoms with E-state index in [4.69, 9.17) is 9.47 Å². The van der Waals surface area contributed by atoms with Gasteiger partial charge in [0.1, 0.15) is 0 Å². The van der Waals surface area contributed by atoms with E-state index in [2.05, 4.69) is 13.8 Å². The van der Waals surface area contributed by atoms with Crippen LogP contribution in [0.2, 0.25) is 0 Å². The molecule has 2 unspecified atom stereocenters. The van der Waals surface area contributed by atoms with Crippen LogP contribution in [-0.2, 0) is 9.47 Å². The zero-order chi connectivity index (χ0) is 9.03. The molecule has 0 aromatic carbocycles. The zero-order valence-corrected chi connectivity index (χ0v) is 8.43. The molecule has 0 N–H and O–H groups in total. The average molecular weight is 172 g/mol. The van der Waals surface area contributed by atoms with E-state index >= 15 is 0 Å². The second-order valence-electron chi connectivity index (χ2n) is 3.90. The molecule has 1 saturated heterocycles. The lowest BCUT2D eigenvalue weighted by Gasteiger charge is -2.42. The molecule has 0 amide bonds. The molecule has 12 heavy (non-hydrogen) atoms. The van der Waals surface area contributed by atoms with E-state index in [0.717, 1.165) is 19.6 Å². The van der Waals surface area contributed by atoms with Crippen LogP contribution in [0.5, 0.6) is 0 Å². The molecule has 0 radical (unpaired) electrons. The first kappa shape index (κ1) is 10.0. The van der Waals surface area contributed by atoms with Gasteiger partial charge in [-0.25, -0.2) is 0 Å². The third-order valence-corrected chi connectivity index (χ3v) is 3.16. The van der Waals surface area contributed by atoms with E-state index in [1.807, 2.05) is 0 Å². The van der Waals surface area contributed by atoms with Crippen LogP contribution in [0.3, 0.4) is 0 Å². The Morgan fingerprint density at radius 2 is 2.25 bits per heavy atom. The van der Waals surface area contributed by atoms with Gasteiger partial charge < -0.3 is 9.47 Å². The minimum Gasteiger partial charge on any atom is -0.385 e. The fourth-order valence-electron chi connectivity index (χ4n) is 1.69. The van der Waals surface area contributed by atoms with Crippen molar-refractivity contribution in [3.05, 3.63) is 0 Å². The van der Waals surface area contributed by atoms with Crippen LogP contribution < -0.4 is 0 Å². The third kappa shape index (κ3) is 1.99. The lowest BCUT2D eigenvalue weighted by molar-refractivity contribution is -0.129. The van der Waals surface area contributed by atoms with Crippen LogP contribution in [-0.4, -0.2) is 26.4 Å². The second kappa shape index (κ2) is 4.24. The van der Waals surface area contributed by atoms with Gasteiger partial charge in [0, 0.05) is 20.3 Å². The van der Waals surface area contributed by atoms with Crippen molar-refractivity contribution in [2.24, 2.45) is 5.41 Å². The van der Waals surface area contributed by atoms with E-state index in [-0.39, 0.29) is 0 Å². The second-order valence-corrected chi connectivity index (χ2v) is 3.90. The van der Waals surface area contributed by atoms with Crippen LogP contribution >= 0.6 is 0 Å². The van der Waals surface area contributed by atoms with Crippen molar-refractivity contribution in [1.29, 1.82) is 0 Å². The van der Waals surface area contributed by atoms with Crippen molar-refractivity contribution in [2.45, 2.75) is 39.2 Å². The van der Waals surface area contributed by atoms with Crippen LogP contribution in [0.4, 0.5) is 0 Å². The number of rotatable bonds is 5. The van der Waals surface area contributed by atoms with Gasteiger partial charge in [-0.2, -0.15) is 0 Å². The fraction of sp³-hybridized carbons (Fsp3) is 1.00. The summed E-state index contributed by atoms with van der Waals surface area (Å²) in [5, 5.41) is 0. The van der Waals surface area contributed by atoms with Crippen molar-refractivity contribution in [3.63, 3.8) is 0 Å². The van der Waals surface area contributed by atoms with Crippen molar-refractivity contribution in [2.75, 3.05) is 20.3 Å². The van der Waals surface area contributed by atoms with Gasteiger partial charge in [-0.3, -0.25) is 0 Å². The summed E-state index contributed by atoms with van der Waals surface area (Å²) in [5.74, 6) is 0. The van der Waals surface area contributed by atoms with E-state index < -0.39 is 0 Å². The van der Waals surface area contributed by atoms with E-state index in [1.54, 1.807) is 7.11 Å². The molecule has 0 aromatic rings. The maximum Gasteiger partial charge on any atom is 0.0651 e. The highest BCUT2D eigenvalue weighted by atomic mass is 16.5. The Balaban J connectivity index is 2.37. The largest absolute Gasteiger partial charge is 0.385 e. The molecule has 1 heterocycles. The maximum absolute atomic E-state index is 5.53.